The van der Waals surface area contributed by atoms with Crippen LogP contribution in [-0.4, -0.2) is 5.60 Å². The van der Waals surface area contributed by atoms with E-state index in [4.69, 9.17) is 9.78 Å². The maximum absolute atomic E-state index is 5.27. The Kier molecular flexibility index (Phi) is 2.26. The van der Waals surface area contributed by atoms with Crippen molar-refractivity contribution in [2.45, 2.75) is 46.1 Å². The summed E-state index contributed by atoms with van der Waals surface area (Å²) in [4.78, 5) is 10.2. The standard InChI is InChI=1S/C9H17O2/c1-8(2,3)9(4)6-5-7-10-11-9/h7H,5-6H2,1-4H3. The van der Waals surface area contributed by atoms with E-state index in [2.05, 4.69) is 27.7 Å². The van der Waals surface area contributed by atoms with Crippen LogP contribution in [0.3, 0.4) is 0 Å². The Morgan fingerprint density at radius 3 is 2.27 bits per heavy atom. The van der Waals surface area contributed by atoms with Crippen molar-refractivity contribution in [3.63, 3.8) is 0 Å². The molecule has 1 radical (unpaired) electrons. The topological polar surface area (TPSA) is 18.5 Å². The van der Waals surface area contributed by atoms with Gasteiger partial charge in [0.15, 0.2) is 0 Å². The smallest absolute Gasteiger partial charge is 0.122 e. The normalized spacial score (nSPS) is 33.8. The first kappa shape index (κ1) is 9.01. The molecule has 0 saturated carbocycles. The molecule has 0 bridgehead atoms. The molecule has 0 aliphatic carbocycles. The van der Waals surface area contributed by atoms with Crippen LogP contribution in [0.2, 0.25) is 0 Å². The highest BCUT2D eigenvalue weighted by Gasteiger charge is 2.41. The summed E-state index contributed by atoms with van der Waals surface area (Å²) in [5.74, 6) is 0. The number of rotatable bonds is 0. The Labute approximate surface area is 68.8 Å². The average molecular weight is 157 g/mol. The van der Waals surface area contributed by atoms with Crippen molar-refractivity contribution >= 4 is 0 Å². The lowest BCUT2D eigenvalue weighted by atomic mass is 9.75. The highest BCUT2D eigenvalue weighted by molar-refractivity contribution is 4.89. The molecule has 0 N–H and O–H groups in total. The quantitative estimate of drug-likeness (QED) is 0.503. The van der Waals surface area contributed by atoms with Gasteiger partial charge in [0.1, 0.15) is 12.2 Å². The second kappa shape index (κ2) is 2.76. The van der Waals surface area contributed by atoms with Crippen molar-refractivity contribution in [1.82, 2.24) is 0 Å². The van der Waals surface area contributed by atoms with E-state index in [0.29, 0.717) is 0 Å². The van der Waals surface area contributed by atoms with Gasteiger partial charge in [-0.3, -0.25) is 0 Å². The zero-order valence-corrected chi connectivity index (χ0v) is 7.81. The van der Waals surface area contributed by atoms with E-state index in [1.165, 1.54) is 0 Å². The van der Waals surface area contributed by atoms with Crippen LogP contribution in [0, 0.1) is 12.0 Å². The molecule has 0 aromatic carbocycles. The fraction of sp³-hybridized carbons (Fsp3) is 0.889. The first-order valence-corrected chi connectivity index (χ1v) is 4.12. The minimum Gasteiger partial charge on any atom is -0.230 e. The zero-order chi connectivity index (χ0) is 8.54. The molecule has 0 aromatic rings. The predicted molar refractivity (Wildman–Crippen MR) is 43.6 cm³/mol. The van der Waals surface area contributed by atoms with Crippen molar-refractivity contribution in [1.29, 1.82) is 0 Å². The van der Waals surface area contributed by atoms with Crippen LogP contribution >= 0.6 is 0 Å². The lowest BCUT2D eigenvalue weighted by molar-refractivity contribution is -0.378. The van der Waals surface area contributed by atoms with Gasteiger partial charge in [-0.25, -0.2) is 9.78 Å². The monoisotopic (exact) mass is 157 g/mol. The van der Waals surface area contributed by atoms with E-state index in [-0.39, 0.29) is 11.0 Å². The SMILES string of the molecule is CC(C)(C)C1(C)CC[CH]OO1. The third kappa shape index (κ3) is 1.74. The molecule has 65 valence electrons. The largest absolute Gasteiger partial charge is 0.230 e. The van der Waals surface area contributed by atoms with Crippen LogP contribution in [-0.2, 0) is 9.78 Å². The molecule has 11 heavy (non-hydrogen) atoms. The molecule has 1 heterocycles. The van der Waals surface area contributed by atoms with Gasteiger partial charge in [0, 0.05) is 0 Å². The van der Waals surface area contributed by atoms with Crippen LogP contribution in [0.1, 0.15) is 40.5 Å². The molecule has 0 spiro atoms. The summed E-state index contributed by atoms with van der Waals surface area (Å²) >= 11 is 0. The van der Waals surface area contributed by atoms with Gasteiger partial charge in [-0.15, -0.1) is 0 Å². The molecule has 2 heteroatoms. The summed E-state index contributed by atoms with van der Waals surface area (Å²) in [5.41, 5.74) is 0.00299. The van der Waals surface area contributed by atoms with Crippen molar-refractivity contribution in [3.8, 4) is 0 Å². The summed E-state index contributed by atoms with van der Waals surface area (Å²) in [6.07, 6.45) is 2.02. The van der Waals surface area contributed by atoms with Crippen LogP contribution in [0.4, 0.5) is 0 Å². The van der Waals surface area contributed by atoms with Gasteiger partial charge in [0.2, 0.25) is 0 Å². The Hall–Kier alpha value is -0.0800. The van der Waals surface area contributed by atoms with Gasteiger partial charge < -0.3 is 0 Å². The summed E-state index contributed by atoms with van der Waals surface area (Å²) in [6, 6.07) is 0. The highest BCUT2D eigenvalue weighted by atomic mass is 17.2. The van der Waals surface area contributed by atoms with Crippen LogP contribution in [0.15, 0.2) is 0 Å². The Morgan fingerprint density at radius 2 is 2.00 bits per heavy atom. The van der Waals surface area contributed by atoms with Crippen molar-refractivity contribution in [2.24, 2.45) is 5.41 Å². The zero-order valence-electron chi connectivity index (χ0n) is 7.81. The van der Waals surface area contributed by atoms with E-state index in [1.807, 2.05) is 0 Å². The van der Waals surface area contributed by atoms with Gasteiger partial charge >= 0.3 is 0 Å². The van der Waals surface area contributed by atoms with Crippen molar-refractivity contribution in [2.75, 3.05) is 0 Å². The minimum atomic E-state index is -0.137. The third-order valence-corrected chi connectivity index (χ3v) is 2.63. The van der Waals surface area contributed by atoms with E-state index in [0.717, 1.165) is 12.8 Å². The van der Waals surface area contributed by atoms with E-state index < -0.39 is 0 Å². The number of hydrogen-bond donors (Lipinski definition) is 0. The predicted octanol–water partition coefficient (Wildman–Crippen LogP) is 2.69. The molecule has 1 aliphatic heterocycles. The van der Waals surface area contributed by atoms with Gasteiger partial charge in [-0.05, 0) is 25.2 Å². The van der Waals surface area contributed by atoms with Crippen LogP contribution < -0.4 is 0 Å². The molecule has 1 rings (SSSR count). The van der Waals surface area contributed by atoms with Crippen molar-refractivity contribution < 1.29 is 9.78 Å². The fourth-order valence-corrected chi connectivity index (χ4v) is 1.06. The molecule has 0 aromatic heterocycles. The molecule has 1 saturated heterocycles. The van der Waals surface area contributed by atoms with Gasteiger partial charge in [0.05, 0.1) is 0 Å². The molecule has 1 fully saturated rings. The van der Waals surface area contributed by atoms with Crippen molar-refractivity contribution in [3.05, 3.63) is 6.61 Å². The Balaban J connectivity index is 2.64. The van der Waals surface area contributed by atoms with Crippen LogP contribution in [0.25, 0.3) is 0 Å². The second-order valence-electron chi connectivity index (χ2n) is 4.37. The van der Waals surface area contributed by atoms with Gasteiger partial charge in [0.25, 0.3) is 0 Å². The molecule has 2 nitrogen and oxygen atoms in total. The molecule has 1 atom stereocenters. The average Bonchev–Trinajstić information content (AvgIpc) is 1.87. The first-order valence-electron chi connectivity index (χ1n) is 4.12. The lowest BCUT2D eigenvalue weighted by Gasteiger charge is -2.42. The fourth-order valence-electron chi connectivity index (χ4n) is 1.06. The van der Waals surface area contributed by atoms with E-state index in [1.54, 1.807) is 6.61 Å². The maximum Gasteiger partial charge on any atom is 0.122 e. The summed E-state index contributed by atoms with van der Waals surface area (Å²) in [5, 5.41) is 0. The summed E-state index contributed by atoms with van der Waals surface area (Å²) in [6.45, 7) is 10.3. The molecular weight excluding hydrogens is 140 g/mol. The Morgan fingerprint density at radius 1 is 1.36 bits per heavy atom. The summed E-state index contributed by atoms with van der Waals surface area (Å²) < 4.78 is 0. The molecule has 1 aliphatic rings. The van der Waals surface area contributed by atoms with E-state index in [9.17, 15) is 0 Å². The van der Waals surface area contributed by atoms with Crippen LogP contribution in [0.5, 0.6) is 0 Å². The summed E-state index contributed by atoms with van der Waals surface area (Å²) in [7, 11) is 0. The molecular formula is C9H17O2. The minimum absolute atomic E-state index is 0.137. The molecule has 1 unspecified atom stereocenters. The number of hydrogen-bond acceptors (Lipinski definition) is 2. The first-order chi connectivity index (χ1) is 4.96. The maximum atomic E-state index is 5.27. The Bertz CT molecular complexity index is 129. The lowest BCUT2D eigenvalue weighted by Crippen LogP contribution is -2.44. The van der Waals surface area contributed by atoms with Gasteiger partial charge in [-0.2, -0.15) is 0 Å². The van der Waals surface area contributed by atoms with E-state index >= 15 is 0 Å². The van der Waals surface area contributed by atoms with Gasteiger partial charge in [-0.1, -0.05) is 20.8 Å². The molecule has 0 amide bonds. The highest BCUT2D eigenvalue weighted by Crippen LogP contribution is 2.40. The second-order valence-corrected chi connectivity index (χ2v) is 4.37. The third-order valence-electron chi connectivity index (χ3n) is 2.63.